The number of hydrogen-bond donors (Lipinski definition) is 0. The second-order valence-corrected chi connectivity index (χ2v) is 24.6. The second-order valence-electron chi connectivity index (χ2n) is 14.4. The van der Waals surface area contributed by atoms with Crippen LogP contribution >= 0.6 is 0 Å². The number of hydrogen-bond acceptors (Lipinski definition) is 13. The predicted molar refractivity (Wildman–Crippen MR) is 266 cm³/mol. The molecule has 0 unspecified atom stereocenters. The summed E-state index contributed by atoms with van der Waals surface area (Å²) < 4.78 is 90.5. The van der Waals surface area contributed by atoms with Crippen LogP contribution in [0.2, 0.25) is 12.1 Å². The Hall–Kier alpha value is -2.09. The molecule has 0 aliphatic heterocycles. The van der Waals surface area contributed by atoms with Crippen LogP contribution < -0.4 is 0 Å². The summed E-state index contributed by atoms with van der Waals surface area (Å²) in [5.41, 5.74) is 9.60. The Balaban J connectivity index is 3.00. The van der Waals surface area contributed by atoms with Crippen LogP contribution in [0.15, 0.2) is 46.7 Å². The zero-order valence-corrected chi connectivity index (χ0v) is 45.9. The molecule has 0 heterocycles. The van der Waals surface area contributed by atoms with Crippen LogP contribution in [0.25, 0.3) is 12.2 Å². The standard InChI is InChI=1S/C47H82FNO12Si4/c1-14-50-62(51-15-2,52-16-3)33-29-41-27-26-28-42(30-34-63(53-17-4,54-18-5)55-19-6)47(41)40(13)49-39-46-43(31-35-64(56-20-7,57-21-8)58-22-9)37-45(48)38-44(46)32-36-65(59-23-10,60-24-11)61-25-12/h26-28,31-32,35-38H,14-25,29-30,33-34,39H2,1-13H3/b35-31+,36-32+,49-40?. The van der Waals surface area contributed by atoms with E-state index in [1.54, 1.807) is 0 Å². The van der Waals surface area contributed by atoms with Crippen molar-refractivity contribution in [2.75, 3.05) is 79.3 Å². The van der Waals surface area contributed by atoms with E-state index in [1.807, 2.05) is 114 Å². The van der Waals surface area contributed by atoms with Crippen LogP contribution in [0.1, 0.15) is 123 Å². The van der Waals surface area contributed by atoms with Gasteiger partial charge in [0.15, 0.2) is 0 Å². The summed E-state index contributed by atoms with van der Waals surface area (Å²) in [5, 5.41) is 0. The number of nitrogens with zero attached hydrogens (tertiary/aromatic N) is 1. The fourth-order valence-electron chi connectivity index (χ4n) is 7.68. The summed E-state index contributed by atoms with van der Waals surface area (Å²) in [4.78, 5) is 5.35. The molecule has 370 valence electrons. The van der Waals surface area contributed by atoms with Gasteiger partial charge in [-0.25, -0.2) is 4.39 Å². The molecule has 0 bridgehead atoms. The molecule has 0 aromatic heterocycles. The minimum Gasteiger partial charge on any atom is -0.374 e. The average Bonchev–Trinajstić information content (AvgIpc) is 3.27. The van der Waals surface area contributed by atoms with E-state index in [0.29, 0.717) is 115 Å². The summed E-state index contributed by atoms with van der Waals surface area (Å²) in [7, 11) is -12.6. The van der Waals surface area contributed by atoms with Gasteiger partial charge in [-0.05, 0) is 154 Å². The van der Waals surface area contributed by atoms with Crippen molar-refractivity contribution >= 4 is 53.1 Å². The molecule has 0 saturated heterocycles. The Kier molecular flexibility index (Phi) is 28.9. The van der Waals surface area contributed by atoms with Crippen molar-refractivity contribution in [3.05, 3.63) is 80.9 Å². The molecule has 0 aliphatic rings. The van der Waals surface area contributed by atoms with E-state index in [2.05, 4.69) is 18.2 Å². The fraction of sp³-hybridized carbons (Fsp3) is 0.638. The topological polar surface area (TPSA) is 123 Å². The maximum Gasteiger partial charge on any atom is 0.529 e. The normalized spacial score (nSPS) is 13.3. The average molecular weight is 985 g/mol. The quantitative estimate of drug-likeness (QED) is 0.0473. The maximum absolute atomic E-state index is 15.9. The zero-order chi connectivity index (χ0) is 48.2. The lowest BCUT2D eigenvalue weighted by molar-refractivity contribution is 0.0707. The molecular weight excluding hydrogens is 902 g/mol. The molecule has 0 N–H and O–H groups in total. The van der Waals surface area contributed by atoms with E-state index in [9.17, 15) is 0 Å². The lowest BCUT2D eigenvalue weighted by Crippen LogP contribution is -2.46. The first kappa shape index (κ1) is 59.0. The molecule has 0 fully saturated rings. The van der Waals surface area contributed by atoms with Crippen molar-refractivity contribution in [3.8, 4) is 0 Å². The van der Waals surface area contributed by atoms with Crippen molar-refractivity contribution in [2.24, 2.45) is 4.99 Å². The van der Waals surface area contributed by atoms with Crippen LogP contribution in [-0.2, 0) is 72.5 Å². The highest BCUT2D eigenvalue weighted by Gasteiger charge is 2.42. The van der Waals surface area contributed by atoms with Gasteiger partial charge in [0.2, 0.25) is 0 Å². The number of aliphatic imine (C=N–C) groups is 1. The lowest BCUT2D eigenvalue weighted by Gasteiger charge is -2.29. The number of rotatable bonds is 37. The zero-order valence-electron chi connectivity index (χ0n) is 41.9. The third-order valence-electron chi connectivity index (χ3n) is 9.95. The Morgan fingerprint density at radius 1 is 0.492 bits per heavy atom. The van der Waals surface area contributed by atoms with Gasteiger partial charge in [-0.3, -0.25) is 4.99 Å². The largest absolute Gasteiger partial charge is 0.529 e. The SMILES string of the molecule is CCO[Si](/C=C/c1cc(F)cc(/C=C/[Si](OCC)(OCC)OCC)c1CN=C(C)c1c(CC[Si](OCC)(OCC)OCC)cccc1CC[Si](OCC)(OCC)OCC)(OCC)OCC. The molecule has 0 aliphatic carbocycles. The monoisotopic (exact) mass is 983 g/mol. The van der Waals surface area contributed by atoms with Crippen LogP contribution in [-0.4, -0.2) is 120 Å². The summed E-state index contributed by atoms with van der Waals surface area (Å²) in [6.07, 6.45) is 4.93. The van der Waals surface area contributed by atoms with Gasteiger partial charge in [-0.1, -0.05) is 30.4 Å². The molecule has 2 aromatic rings. The van der Waals surface area contributed by atoms with E-state index in [1.165, 1.54) is 12.1 Å². The van der Waals surface area contributed by atoms with Crippen molar-refractivity contribution in [1.82, 2.24) is 0 Å². The third kappa shape index (κ3) is 18.7. The van der Waals surface area contributed by atoms with E-state index in [0.717, 1.165) is 28.0 Å². The Labute approximate surface area is 395 Å². The summed E-state index contributed by atoms with van der Waals surface area (Å²) in [6.45, 7) is 30.7. The highest BCUT2D eigenvalue weighted by molar-refractivity contribution is 6.67. The van der Waals surface area contributed by atoms with E-state index in [4.69, 9.17) is 58.1 Å². The van der Waals surface area contributed by atoms with Gasteiger partial charge in [0.1, 0.15) is 5.82 Å². The van der Waals surface area contributed by atoms with Gasteiger partial charge in [0.05, 0.1) is 6.54 Å². The van der Waals surface area contributed by atoms with E-state index in [-0.39, 0.29) is 6.54 Å². The third-order valence-corrected chi connectivity index (χ3v) is 21.3. The number of aryl methyl sites for hydroxylation is 2. The molecule has 0 saturated carbocycles. The molecule has 0 amide bonds. The first-order valence-electron chi connectivity index (χ1n) is 23.9. The second kappa shape index (κ2) is 31.9. The highest BCUT2D eigenvalue weighted by Crippen LogP contribution is 2.29. The van der Waals surface area contributed by atoms with Gasteiger partial charge in [-0.2, -0.15) is 0 Å². The van der Waals surface area contributed by atoms with Gasteiger partial charge >= 0.3 is 35.2 Å². The molecule has 0 atom stereocenters. The summed E-state index contributed by atoms with van der Waals surface area (Å²) in [5.74, 6) is -0.425. The predicted octanol–water partition coefficient (Wildman–Crippen LogP) is 10.2. The van der Waals surface area contributed by atoms with Gasteiger partial charge < -0.3 is 53.1 Å². The Bertz CT molecular complexity index is 1560. The minimum atomic E-state index is -3.28. The van der Waals surface area contributed by atoms with Crippen molar-refractivity contribution in [2.45, 2.75) is 121 Å². The summed E-state index contributed by atoms with van der Waals surface area (Å²) in [6, 6.07) is 10.5. The molecule has 0 spiro atoms. The van der Waals surface area contributed by atoms with Crippen LogP contribution in [0.5, 0.6) is 0 Å². The molecule has 13 nitrogen and oxygen atoms in total. The maximum atomic E-state index is 15.9. The Morgan fingerprint density at radius 2 is 0.800 bits per heavy atom. The van der Waals surface area contributed by atoms with Gasteiger partial charge in [0, 0.05) is 103 Å². The molecule has 18 heteroatoms. The van der Waals surface area contributed by atoms with Crippen molar-refractivity contribution < 1.29 is 57.5 Å². The molecule has 2 aromatic carbocycles. The van der Waals surface area contributed by atoms with Crippen LogP contribution in [0.4, 0.5) is 4.39 Å². The molecule has 0 radical (unpaired) electrons. The first-order valence-corrected chi connectivity index (χ1v) is 31.3. The Morgan fingerprint density at radius 3 is 1.09 bits per heavy atom. The fourth-order valence-corrected chi connectivity index (χ4v) is 17.1. The van der Waals surface area contributed by atoms with Crippen molar-refractivity contribution in [3.63, 3.8) is 0 Å². The number of benzene rings is 2. The minimum absolute atomic E-state index is 0.198. The molecule has 2 rings (SSSR count). The van der Waals surface area contributed by atoms with Gasteiger partial charge in [0.25, 0.3) is 0 Å². The van der Waals surface area contributed by atoms with Crippen LogP contribution in [0.3, 0.4) is 0 Å². The highest BCUT2D eigenvalue weighted by atomic mass is 28.4. The molecular formula is C47H82FNO12Si4. The van der Waals surface area contributed by atoms with Crippen LogP contribution in [0, 0.1) is 5.82 Å². The van der Waals surface area contributed by atoms with Gasteiger partial charge in [-0.15, -0.1) is 0 Å². The molecule has 65 heavy (non-hydrogen) atoms. The lowest BCUT2D eigenvalue weighted by atomic mass is 9.94. The van der Waals surface area contributed by atoms with E-state index < -0.39 is 41.0 Å². The number of halogens is 1. The van der Waals surface area contributed by atoms with Crippen molar-refractivity contribution in [1.29, 1.82) is 0 Å². The summed E-state index contributed by atoms with van der Waals surface area (Å²) >= 11 is 0. The van der Waals surface area contributed by atoms with E-state index >= 15 is 4.39 Å². The smallest absolute Gasteiger partial charge is 0.374 e. The first-order chi connectivity index (χ1) is 31.4.